The van der Waals surface area contributed by atoms with Gasteiger partial charge >= 0.3 is 8.80 Å². The first kappa shape index (κ1) is 16.6. The molecule has 0 radical (unpaired) electrons. The van der Waals surface area contributed by atoms with Crippen LogP contribution in [0.15, 0.2) is 24.3 Å². The van der Waals surface area contributed by atoms with Gasteiger partial charge in [-0.25, -0.2) is 0 Å². The van der Waals surface area contributed by atoms with E-state index >= 15 is 0 Å². The zero-order valence-corrected chi connectivity index (χ0v) is 13.0. The lowest BCUT2D eigenvalue weighted by Crippen LogP contribution is -2.47. The Hall–Kier alpha value is -0.423. The summed E-state index contributed by atoms with van der Waals surface area (Å²) in [5.41, 5.74) is 0.911. The van der Waals surface area contributed by atoms with Crippen molar-refractivity contribution in [2.24, 2.45) is 0 Å². The van der Waals surface area contributed by atoms with E-state index in [0.29, 0.717) is 0 Å². The lowest BCUT2D eigenvalue weighted by molar-refractivity contribution is 0.0236. The van der Waals surface area contributed by atoms with E-state index in [1.54, 1.807) is 14.2 Å². The van der Waals surface area contributed by atoms with Crippen LogP contribution in [-0.2, 0) is 13.3 Å². The second-order valence-corrected chi connectivity index (χ2v) is 7.45. The number of rotatable bonds is 8. The maximum atomic E-state index is 6.00. The standard InChI is InChI=1S/C13H26O3Si/c1-8-13(4,11-9-10-12(2)3)16-17(7,14-5)15-6/h8,10H,1,9,11H2,2-7H3/t13-/m0/s1. The summed E-state index contributed by atoms with van der Waals surface area (Å²) in [5.74, 6) is 0. The van der Waals surface area contributed by atoms with Crippen LogP contribution in [0.4, 0.5) is 0 Å². The molecular formula is C13H26O3Si. The van der Waals surface area contributed by atoms with E-state index in [4.69, 9.17) is 13.3 Å². The molecule has 0 aromatic heterocycles. The van der Waals surface area contributed by atoms with Crippen molar-refractivity contribution in [2.45, 2.75) is 45.8 Å². The molecule has 17 heavy (non-hydrogen) atoms. The SMILES string of the molecule is C=C[C@@](C)(CCC=C(C)C)O[Si](C)(OC)OC. The number of allylic oxidation sites excluding steroid dienone is 2. The van der Waals surface area contributed by atoms with E-state index in [-0.39, 0.29) is 0 Å². The third-order valence-electron chi connectivity index (χ3n) is 2.79. The third kappa shape index (κ3) is 6.17. The summed E-state index contributed by atoms with van der Waals surface area (Å²) in [6.07, 6.45) is 5.86. The highest BCUT2D eigenvalue weighted by Crippen LogP contribution is 2.25. The molecule has 0 saturated carbocycles. The van der Waals surface area contributed by atoms with Crippen molar-refractivity contribution in [1.29, 1.82) is 0 Å². The van der Waals surface area contributed by atoms with Gasteiger partial charge in [-0.15, -0.1) is 6.58 Å². The van der Waals surface area contributed by atoms with Gasteiger partial charge in [0.2, 0.25) is 0 Å². The quantitative estimate of drug-likeness (QED) is 0.492. The molecule has 0 aliphatic rings. The highest BCUT2D eigenvalue weighted by molar-refractivity contribution is 6.59. The molecule has 0 fully saturated rings. The summed E-state index contributed by atoms with van der Waals surface area (Å²) in [6, 6.07) is 0. The van der Waals surface area contributed by atoms with Gasteiger partial charge in [0.05, 0.1) is 5.60 Å². The predicted molar refractivity (Wildman–Crippen MR) is 74.0 cm³/mol. The second-order valence-electron chi connectivity index (χ2n) is 4.71. The Morgan fingerprint density at radius 2 is 1.82 bits per heavy atom. The maximum Gasteiger partial charge on any atom is 0.497 e. The van der Waals surface area contributed by atoms with Crippen LogP contribution >= 0.6 is 0 Å². The first-order chi connectivity index (χ1) is 7.81. The monoisotopic (exact) mass is 258 g/mol. The highest BCUT2D eigenvalue weighted by atomic mass is 28.4. The molecule has 0 spiro atoms. The molecule has 0 bridgehead atoms. The minimum Gasteiger partial charge on any atom is -0.377 e. The highest BCUT2D eigenvalue weighted by Gasteiger charge is 2.39. The fourth-order valence-corrected chi connectivity index (χ4v) is 2.80. The van der Waals surface area contributed by atoms with Crippen LogP contribution in [0, 0.1) is 0 Å². The largest absolute Gasteiger partial charge is 0.497 e. The molecule has 0 amide bonds. The molecule has 100 valence electrons. The van der Waals surface area contributed by atoms with Crippen molar-refractivity contribution in [3.63, 3.8) is 0 Å². The Kier molecular flexibility index (Phi) is 6.93. The Labute approximate surface area is 107 Å². The van der Waals surface area contributed by atoms with Crippen molar-refractivity contribution >= 4 is 8.80 Å². The minimum absolute atomic E-state index is 0.404. The minimum atomic E-state index is -2.52. The molecule has 0 unspecified atom stereocenters. The van der Waals surface area contributed by atoms with E-state index in [1.807, 2.05) is 19.5 Å². The van der Waals surface area contributed by atoms with Crippen LogP contribution in [-0.4, -0.2) is 28.6 Å². The van der Waals surface area contributed by atoms with Gasteiger partial charge in [-0.3, -0.25) is 0 Å². The van der Waals surface area contributed by atoms with Crippen LogP contribution in [0.1, 0.15) is 33.6 Å². The van der Waals surface area contributed by atoms with Gasteiger partial charge in [0.1, 0.15) is 0 Å². The van der Waals surface area contributed by atoms with Crippen molar-refractivity contribution in [3.8, 4) is 0 Å². The molecule has 4 heteroatoms. The van der Waals surface area contributed by atoms with Gasteiger partial charge in [0.15, 0.2) is 0 Å². The van der Waals surface area contributed by atoms with E-state index in [0.717, 1.165) is 12.8 Å². The summed E-state index contributed by atoms with van der Waals surface area (Å²) >= 11 is 0. The van der Waals surface area contributed by atoms with Gasteiger partial charge in [-0.1, -0.05) is 17.7 Å². The molecule has 3 nitrogen and oxygen atoms in total. The van der Waals surface area contributed by atoms with Gasteiger partial charge in [-0.2, -0.15) is 0 Å². The topological polar surface area (TPSA) is 27.7 Å². The summed E-state index contributed by atoms with van der Waals surface area (Å²) in [7, 11) is 0.718. The van der Waals surface area contributed by atoms with Gasteiger partial charge in [0, 0.05) is 20.8 Å². The molecule has 0 aromatic rings. The van der Waals surface area contributed by atoms with Crippen molar-refractivity contribution in [2.75, 3.05) is 14.2 Å². The lowest BCUT2D eigenvalue weighted by Gasteiger charge is -2.34. The maximum absolute atomic E-state index is 6.00. The molecule has 0 N–H and O–H groups in total. The van der Waals surface area contributed by atoms with Crippen LogP contribution in [0.3, 0.4) is 0 Å². The van der Waals surface area contributed by atoms with Crippen molar-refractivity contribution in [1.82, 2.24) is 0 Å². The van der Waals surface area contributed by atoms with E-state index in [9.17, 15) is 0 Å². The van der Waals surface area contributed by atoms with Gasteiger partial charge < -0.3 is 13.3 Å². The van der Waals surface area contributed by atoms with Crippen LogP contribution in [0.25, 0.3) is 0 Å². The molecule has 1 atom stereocenters. The van der Waals surface area contributed by atoms with Crippen LogP contribution < -0.4 is 0 Å². The molecule has 0 heterocycles. The summed E-state index contributed by atoms with van der Waals surface area (Å²) in [6.45, 7) is 11.9. The van der Waals surface area contributed by atoms with Gasteiger partial charge in [-0.05, 0) is 33.6 Å². The Balaban J connectivity index is 4.56. The average Bonchev–Trinajstić information content (AvgIpc) is 2.28. The third-order valence-corrected chi connectivity index (χ3v) is 5.11. The molecule has 0 aliphatic heterocycles. The first-order valence-electron chi connectivity index (χ1n) is 5.88. The molecular weight excluding hydrogens is 232 g/mol. The van der Waals surface area contributed by atoms with E-state index in [2.05, 4.69) is 26.5 Å². The predicted octanol–water partition coefficient (Wildman–Crippen LogP) is 3.56. The normalized spacial score (nSPS) is 15.2. The first-order valence-corrected chi connectivity index (χ1v) is 8.11. The fourth-order valence-electron chi connectivity index (χ4n) is 1.43. The number of hydrogen-bond acceptors (Lipinski definition) is 3. The lowest BCUT2D eigenvalue weighted by atomic mass is 10.00. The van der Waals surface area contributed by atoms with Crippen LogP contribution in [0.5, 0.6) is 0 Å². The summed E-state index contributed by atoms with van der Waals surface area (Å²) in [4.78, 5) is 0. The summed E-state index contributed by atoms with van der Waals surface area (Å²) < 4.78 is 16.7. The molecule has 0 aliphatic carbocycles. The Morgan fingerprint density at radius 1 is 1.29 bits per heavy atom. The van der Waals surface area contributed by atoms with E-state index < -0.39 is 14.4 Å². The van der Waals surface area contributed by atoms with E-state index in [1.165, 1.54) is 5.57 Å². The Morgan fingerprint density at radius 3 is 2.18 bits per heavy atom. The smallest absolute Gasteiger partial charge is 0.377 e. The Bertz CT molecular complexity index is 268. The zero-order chi connectivity index (χ0) is 13.5. The van der Waals surface area contributed by atoms with Gasteiger partial charge in [0.25, 0.3) is 0 Å². The fraction of sp³-hybridized carbons (Fsp3) is 0.692. The molecule has 0 saturated heterocycles. The second kappa shape index (κ2) is 7.11. The zero-order valence-electron chi connectivity index (χ0n) is 12.0. The molecule has 0 aromatic carbocycles. The van der Waals surface area contributed by atoms with Crippen molar-refractivity contribution in [3.05, 3.63) is 24.3 Å². The van der Waals surface area contributed by atoms with Crippen molar-refractivity contribution < 1.29 is 13.3 Å². The molecule has 0 rings (SSSR count). The summed E-state index contributed by atoms with van der Waals surface area (Å²) in [5, 5.41) is 0. The number of hydrogen-bond donors (Lipinski definition) is 0. The van der Waals surface area contributed by atoms with Crippen LogP contribution in [0.2, 0.25) is 6.55 Å². The average molecular weight is 258 g/mol.